The molecule has 0 atom stereocenters. The molecule has 1 rings (SSSR count). The predicted octanol–water partition coefficient (Wildman–Crippen LogP) is 2.23. The van der Waals surface area contributed by atoms with Crippen molar-refractivity contribution in [1.82, 2.24) is 0 Å². The van der Waals surface area contributed by atoms with E-state index in [-0.39, 0.29) is 12.3 Å². The third-order valence-electron chi connectivity index (χ3n) is 2.17. The number of aliphatic carboxylic acids is 1. The van der Waals surface area contributed by atoms with E-state index >= 15 is 0 Å². The van der Waals surface area contributed by atoms with Crippen molar-refractivity contribution in [2.45, 2.75) is 19.2 Å². The number of alkyl halides is 1. The molecule has 1 aromatic rings. The zero-order valence-electron chi connectivity index (χ0n) is 8.25. The number of nitrogens with zero attached hydrogens (tertiary/aromatic N) is 1. The molecule has 0 aliphatic carbocycles. The fourth-order valence-corrected chi connectivity index (χ4v) is 1.60. The molecule has 0 saturated carbocycles. The van der Waals surface area contributed by atoms with Crippen LogP contribution in [0.5, 0.6) is 0 Å². The van der Waals surface area contributed by atoms with Crippen LogP contribution in [0.3, 0.4) is 0 Å². The minimum Gasteiger partial charge on any atom is -0.481 e. The zero-order valence-corrected chi connectivity index (χ0v) is 9.01. The van der Waals surface area contributed by atoms with Crippen LogP contribution in [0.2, 0.25) is 0 Å². The van der Waals surface area contributed by atoms with Crippen LogP contribution in [0, 0.1) is 18.3 Å². The number of carbonyl (C=O) groups is 1. The SMILES string of the molecule is Cc1cc(CCl)c(C#N)cc1CC(=O)O. The third kappa shape index (κ3) is 2.71. The molecule has 0 amide bonds. The lowest BCUT2D eigenvalue weighted by Crippen LogP contribution is -2.03. The molecular weight excluding hydrogens is 214 g/mol. The number of benzene rings is 1. The van der Waals surface area contributed by atoms with E-state index < -0.39 is 5.97 Å². The molecule has 1 N–H and O–H groups in total. The second kappa shape index (κ2) is 4.81. The first kappa shape index (κ1) is 11.5. The van der Waals surface area contributed by atoms with Gasteiger partial charge in [0.15, 0.2) is 0 Å². The number of aryl methyl sites for hydroxylation is 1. The standard InChI is InChI=1S/C11H10ClNO2/c1-7-2-9(5-12)10(6-13)3-8(7)4-11(14)15/h2-3H,4-5H2,1H3,(H,14,15). The van der Waals surface area contributed by atoms with Gasteiger partial charge in [0, 0.05) is 5.88 Å². The van der Waals surface area contributed by atoms with Crippen LogP contribution in [-0.4, -0.2) is 11.1 Å². The molecule has 4 heteroatoms. The van der Waals surface area contributed by atoms with Gasteiger partial charge in [0.25, 0.3) is 0 Å². The van der Waals surface area contributed by atoms with Crippen LogP contribution >= 0.6 is 11.6 Å². The van der Waals surface area contributed by atoms with Crippen molar-refractivity contribution in [3.05, 3.63) is 34.4 Å². The Morgan fingerprint density at radius 3 is 2.67 bits per heavy atom. The van der Waals surface area contributed by atoms with Gasteiger partial charge in [-0.1, -0.05) is 6.07 Å². The topological polar surface area (TPSA) is 61.1 Å². The minimum absolute atomic E-state index is 0.0664. The summed E-state index contributed by atoms with van der Waals surface area (Å²) in [6.07, 6.45) is -0.0664. The van der Waals surface area contributed by atoms with Crippen LogP contribution in [0.1, 0.15) is 22.3 Å². The Bertz CT molecular complexity index is 435. The summed E-state index contributed by atoms with van der Waals surface area (Å²) in [4.78, 5) is 10.6. The van der Waals surface area contributed by atoms with Crippen LogP contribution in [-0.2, 0) is 17.1 Å². The molecule has 0 radical (unpaired) electrons. The highest BCUT2D eigenvalue weighted by atomic mass is 35.5. The summed E-state index contributed by atoms with van der Waals surface area (Å²) in [6.45, 7) is 1.81. The maximum Gasteiger partial charge on any atom is 0.307 e. The lowest BCUT2D eigenvalue weighted by molar-refractivity contribution is -0.136. The summed E-state index contributed by atoms with van der Waals surface area (Å²) < 4.78 is 0. The van der Waals surface area contributed by atoms with Gasteiger partial charge in [0.05, 0.1) is 18.1 Å². The van der Waals surface area contributed by atoms with Crippen molar-refractivity contribution in [3.63, 3.8) is 0 Å². The molecule has 0 heterocycles. The molecule has 15 heavy (non-hydrogen) atoms. The van der Waals surface area contributed by atoms with Crippen LogP contribution < -0.4 is 0 Å². The number of hydrogen-bond donors (Lipinski definition) is 1. The number of rotatable bonds is 3. The summed E-state index contributed by atoms with van der Waals surface area (Å²) >= 11 is 5.67. The Morgan fingerprint density at radius 1 is 1.53 bits per heavy atom. The highest BCUT2D eigenvalue weighted by molar-refractivity contribution is 6.17. The Hall–Kier alpha value is -1.53. The predicted molar refractivity (Wildman–Crippen MR) is 56.8 cm³/mol. The minimum atomic E-state index is -0.902. The average Bonchev–Trinajstić information content (AvgIpc) is 2.19. The number of hydrogen-bond acceptors (Lipinski definition) is 2. The summed E-state index contributed by atoms with van der Waals surface area (Å²) in [5, 5.41) is 17.5. The molecule has 0 bridgehead atoms. The van der Waals surface area contributed by atoms with E-state index in [9.17, 15) is 4.79 Å². The van der Waals surface area contributed by atoms with Gasteiger partial charge in [-0.25, -0.2) is 0 Å². The van der Waals surface area contributed by atoms with E-state index in [4.69, 9.17) is 22.0 Å². The van der Waals surface area contributed by atoms with E-state index in [0.29, 0.717) is 11.1 Å². The number of nitriles is 1. The monoisotopic (exact) mass is 223 g/mol. The van der Waals surface area contributed by atoms with Gasteiger partial charge in [-0.2, -0.15) is 5.26 Å². The first-order chi connectivity index (χ1) is 7.08. The van der Waals surface area contributed by atoms with Gasteiger partial charge in [0.2, 0.25) is 0 Å². The van der Waals surface area contributed by atoms with Crippen LogP contribution in [0.25, 0.3) is 0 Å². The van der Waals surface area contributed by atoms with Crippen molar-refractivity contribution in [3.8, 4) is 6.07 Å². The Balaban J connectivity index is 3.21. The normalized spacial score (nSPS) is 9.67. The first-order valence-corrected chi connectivity index (χ1v) is 4.92. The van der Waals surface area contributed by atoms with E-state index in [1.807, 2.05) is 13.0 Å². The summed E-state index contributed by atoms with van der Waals surface area (Å²) in [5.74, 6) is -0.641. The maximum absolute atomic E-state index is 10.6. The van der Waals surface area contributed by atoms with E-state index in [2.05, 4.69) is 0 Å². The molecule has 0 aliphatic heterocycles. The van der Waals surface area contributed by atoms with Gasteiger partial charge in [0.1, 0.15) is 0 Å². The lowest BCUT2D eigenvalue weighted by atomic mass is 9.98. The molecular formula is C11H10ClNO2. The Kier molecular flexibility index (Phi) is 3.70. The summed E-state index contributed by atoms with van der Waals surface area (Å²) in [6, 6.07) is 5.38. The highest BCUT2D eigenvalue weighted by Gasteiger charge is 2.09. The van der Waals surface area contributed by atoms with Gasteiger partial charge in [-0.3, -0.25) is 4.79 Å². The largest absolute Gasteiger partial charge is 0.481 e. The number of carboxylic acid groups (broad SMARTS) is 1. The summed E-state index contributed by atoms with van der Waals surface area (Å²) in [5.41, 5.74) is 2.71. The zero-order chi connectivity index (χ0) is 11.4. The van der Waals surface area contributed by atoms with Crippen molar-refractivity contribution in [2.24, 2.45) is 0 Å². The quantitative estimate of drug-likeness (QED) is 0.800. The van der Waals surface area contributed by atoms with Gasteiger partial charge in [-0.05, 0) is 29.7 Å². The second-order valence-electron chi connectivity index (χ2n) is 3.25. The van der Waals surface area contributed by atoms with E-state index in [1.165, 1.54) is 0 Å². The third-order valence-corrected chi connectivity index (χ3v) is 2.46. The van der Waals surface area contributed by atoms with Crippen LogP contribution in [0.15, 0.2) is 12.1 Å². The van der Waals surface area contributed by atoms with Crippen molar-refractivity contribution >= 4 is 17.6 Å². The molecule has 0 aliphatic rings. The Morgan fingerprint density at radius 2 is 2.20 bits per heavy atom. The van der Waals surface area contributed by atoms with E-state index in [0.717, 1.165) is 11.1 Å². The molecule has 0 spiro atoms. The molecule has 3 nitrogen and oxygen atoms in total. The fraction of sp³-hybridized carbons (Fsp3) is 0.273. The molecule has 1 aromatic carbocycles. The van der Waals surface area contributed by atoms with Crippen molar-refractivity contribution in [2.75, 3.05) is 0 Å². The molecule has 0 unspecified atom stereocenters. The molecule has 0 aromatic heterocycles. The molecule has 78 valence electrons. The van der Waals surface area contributed by atoms with Gasteiger partial charge in [-0.15, -0.1) is 11.6 Å². The number of carboxylic acids is 1. The fourth-order valence-electron chi connectivity index (χ4n) is 1.38. The van der Waals surface area contributed by atoms with E-state index in [1.54, 1.807) is 12.1 Å². The maximum atomic E-state index is 10.6. The van der Waals surface area contributed by atoms with Crippen molar-refractivity contribution < 1.29 is 9.90 Å². The van der Waals surface area contributed by atoms with Gasteiger partial charge < -0.3 is 5.11 Å². The highest BCUT2D eigenvalue weighted by Crippen LogP contribution is 2.18. The van der Waals surface area contributed by atoms with Crippen LogP contribution in [0.4, 0.5) is 0 Å². The van der Waals surface area contributed by atoms with Crippen molar-refractivity contribution in [1.29, 1.82) is 5.26 Å². The average molecular weight is 224 g/mol. The summed E-state index contributed by atoms with van der Waals surface area (Å²) in [7, 11) is 0. The van der Waals surface area contributed by atoms with Gasteiger partial charge >= 0.3 is 5.97 Å². The lowest BCUT2D eigenvalue weighted by Gasteiger charge is -2.07. The molecule has 0 saturated heterocycles. The first-order valence-electron chi connectivity index (χ1n) is 4.38. The number of halogens is 1. The second-order valence-corrected chi connectivity index (χ2v) is 3.52. The Labute approximate surface area is 92.9 Å². The smallest absolute Gasteiger partial charge is 0.307 e. The molecule has 0 fully saturated rings.